The van der Waals surface area contributed by atoms with Gasteiger partial charge in [0.1, 0.15) is 5.52 Å². The first-order valence-corrected chi connectivity index (χ1v) is 12.7. The molecule has 5 nitrogen and oxygen atoms in total. The molecule has 0 aliphatic heterocycles. The number of carbonyl (C=O) groups excluding carboxylic acids is 1. The van der Waals surface area contributed by atoms with Crippen molar-refractivity contribution in [2.24, 2.45) is 0 Å². The van der Waals surface area contributed by atoms with Crippen LogP contribution >= 0.6 is 12.2 Å². The molecule has 2 N–H and O–H groups in total. The van der Waals surface area contributed by atoms with Crippen molar-refractivity contribution in [3.8, 4) is 22.6 Å². The number of rotatable bonds is 6. The molecule has 4 aromatic carbocycles. The second kappa shape index (κ2) is 10.8. The van der Waals surface area contributed by atoms with Crippen LogP contribution in [0, 0.1) is 0 Å². The molecule has 0 fully saturated rings. The van der Waals surface area contributed by atoms with Gasteiger partial charge in [0, 0.05) is 16.8 Å². The van der Waals surface area contributed by atoms with E-state index in [1.165, 1.54) is 5.56 Å². The summed E-state index contributed by atoms with van der Waals surface area (Å²) in [7, 11) is 0. The number of nitrogens with zero attached hydrogens (tertiary/aromatic N) is 1. The van der Waals surface area contributed by atoms with E-state index in [0.717, 1.165) is 39.9 Å². The molecule has 1 atom stereocenters. The lowest BCUT2D eigenvalue weighted by Gasteiger charge is -2.10. The minimum absolute atomic E-state index is 0.226. The van der Waals surface area contributed by atoms with Gasteiger partial charge in [-0.25, -0.2) is 4.98 Å². The van der Waals surface area contributed by atoms with Gasteiger partial charge >= 0.3 is 0 Å². The van der Waals surface area contributed by atoms with Crippen molar-refractivity contribution in [3.63, 3.8) is 0 Å². The fraction of sp³-hybridized carbons (Fsp3) is 0.129. The molecule has 6 heteroatoms. The maximum Gasteiger partial charge on any atom is 0.257 e. The standard InChI is InChI=1S/C31H27N3O2S/c1-3-20(2)25-15-18-28-27(19-25)33-30(36-28)24-13-16-26(17-14-24)32-31(37)34-29(35)23-11-9-22(10-12-23)21-7-5-4-6-8-21/h4-20H,3H2,1-2H3,(H2,32,34,35,37)/t20-/m1/s1. The Kier molecular flexibility index (Phi) is 7.10. The van der Waals surface area contributed by atoms with Crippen LogP contribution in [0.1, 0.15) is 42.1 Å². The zero-order valence-electron chi connectivity index (χ0n) is 20.7. The number of amides is 1. The van der Waals surface area contributed by atoms with E-state index >= 15 is 0 Å². The van der Waals surface area contributed by atoms with Gasteiger partial charge in [-0.1, -0.05) is 62.4 Å². The highest BCUT2D eigenvalue weighted by Crippen LogP contribution is 2.28. The molecule has 5 rings (SSSR count). The lowest BCUT2D eigenvalue weighted by atomic mass is 9.98. The first kappa shape index (κ1) is 24.4. The third-order valence-electron chi connectivity index (χ3n) is 6.46. The summed E-state index contributed by atoms with van der Waals surface area (Å²) < 4.78 is 5.97. The molecule has 0 radical (unpaired) electrons. The zero-order valence-corrected chi connectivity index (χ0v) is 21.5. The Balaban J connectivity index is 1.21. The Labute approximate surface area is 221 Å². The predicted octanol–water partition coefficient (Wildman–Crippen LogP) is 7.80. The highest BCUT2D eigenvalue weighted by molar-refractivity contribution is 7.80. The predicted molar refractivity (Wildman–Crippen MR) is 154 cm³/mol. The number of thiocarbonyl (C=S) groups is 1. The van der Waals surface area contributed by atoms with E-state index in [9.17, 15) is 4.79 Å². The summed E-state index contributed by atoms with van der Waals surface area (Å²) in [6.45, 7) is 4.39. The Morgan fingerprint density at radius 2 is 1.57 bits per heavy atom. The molecule has 0 bridgehead atoms. The fourth-order valence-electron chi connectivity index (χ4n) is 4.09. The molecule has 0 saturated carbocycles. The highest BCUT2D eigenvalue weighted by atomic mass is 32.1. The molecule has 0 spiro atoms. The summed E-state index contributed by atoms with van der Waals surface area (Å²) in [5.41, 5.74) is 7.19. The van der Waals surface area contributed by atoms with Crippen LogP contribution in [0.4, 0.5) is 5.69 Å². The van der Waals surface area contributed by atoms with Crippen molar-refractivity contribution < 1.29 is 9.21 Å². The van der Waals surface area contributed by atoms with E-state index in [0.29, 0.717) is 17.4 Å². The molecular weight excluding hydrogens is 478 g/mol. The summed E-state index contributed by atoms with van der Waals surface area (Å²) >= 11 is 5.35. The van der Waals surface area contributed by atoms with Gasteiger partial charge in [0.15, 0.2) is 10.7 Å². The molecule has 5 aromatic rings. The summed E-state index contributed by atoms with van der Waals surface area (Å²) in [6.07, 6.45) is 1.08. The van der Waals surface area contributed by atoms with Crippen molar-refractivity contribution in [2.75, 3.05) is 5.32 Å². The van der Waals surface area contributed by atoms with Crippen molar-refractivity contribution in [1.82, 2.24) is 10.3 Å². The van der Waals surface area contributed by atoms with E-state index < -0.39 is 0 Å². The molecule has 1 amide bonds. The average Bonchev–Trinajstić information content (AvgIpc) is 3.37. The Morgan fingerprint density at radius 3 is 2.27 bits per heavy atom. The number of carbonyl (C=O) groups is 1. The maximum absolute atomic E-state index is 12.6. The van der Waals surface area contributed by atoms with Crippen LogP contribution < -0.4 is 10.6 Å². The third kappa shape index (κ3) is 5.60. The first-order valence-electron chi connectivity index (χ1n) is 12.3. The van der Waals surface area contributed by atoms with Gasteiger partial charge in [-0.15, -0.1) is 0 Å². The molecule has 0 unspecified atom stereocenters. The molecule has 0 aliphatic carbocycles. The molecule has 37 heavy (non-hydrogen) atoms. The quantitative estimate of drug-likeness (QED) is 0.230. The number of aromatic nitrogens is 1. The Morgan fingerprint density at radius 1 is 0.892 bits per heavy atom. The molecular formula is C31H27N3O2S. The number of fused-ring (bicyclic) bond motifs is 1. The maximum atomic E-state index is 12.6. The molecule has 184 valence electrons. The van der Waals surface area contributed by atoms with E-state index in [-0.39, 0.29) is 11.0 Å². The van der Waals surface area contributed by atoms with Gasteiger partial charge in [0.25, 0.3) is 5.91 Å². The summed E-state index contributed by atoms with van der Waals surface area (Å²) in [5.74, 6) is 0.780. The second-order valence-electron chi connectivity index (χ2n) is 8.98. The number of anilines is 1. The summed E-state index contributed by atoms with van der Waals surface area (Å²) in [4.78, 5) is 17.3. The van der Waals surface area contributed by atoms with Crippen LogP contribution in [0.3, 0.4) is 0 Å². The number of oxazole rings is 1. The van der Waals surface area contributed by atoms with E-state index in [1.807, 2.05) is 72.8 Å². The topological polar surface area (TPSA) is 67.2 Å². The number of hydrogen-bond donors (Lipinski definition) is 2. The Hall–Kier alpha value is -4.29. The van der Waals surface area contributed by atoms with Crippen LogP contribution in [-0.4, -0.2) is 16.0 Å². The second-order valence-corrected chi connectivity index (χ2v) is 9.39. The van der Waals surface area contributed by atoms with Crippen molar-refractivity contribution >= 4 is 40.0 Å². The summed E-state index contributed by atoms with van der Waals surface area (Å²) in [6, 6.07) is 31.2. The van der Waals surface area contributed by atoms with Crippen molar-refractivity contribution in [3.05, 3.63) is 108 Å². The molecule has 1 aromatic heterocycles. The van der Waals surface area contributed by atoms with Gasteiger partial charge < -0.3 is 9.73 Å². The van der Waals surface area contributed by atoms with Gasteiger partial charge in [-0.3, -0.25) is 10.1 Å². The van der Waals surface area contributed by atoms with Crippen LogP contribution in [0.15, 0.2) is 101 Å². The fourth-order valence-corrected chi connectivity index (χ4v) is 4.30. The molecule has 0 saturated heterocycles. The Bertz CT molecular complexity index is 1540. The van der Waals surface area contributed by atoms with Crippen LogP contribution in [0.25, 0.3) is 33.7 Å². The number of benzene rings is 4. The minimum Gasteiger partial charge on any atom is -0.436 e. The molecule has 1 heterocycles. The van der Waals surface area contributed by atoms with Crippen LogP contribution in [-0.2, 0) is 0 Å². The first-order chi connectivity index (χ1) is 18.0. The normalized spacial score (nSPS) is 11.7. The minimum atomic E-state index is -0.267. The van der Waals surface area contributed by atoms with E-state index in [4.69, 9.17) is 16.6 Å². The van der Waals surface area contributed by atoms with Crippen molar-refractivity contribution in [2.45, 2.75) is 26.2 Å². The average molecular weight is 506 g/mol. The van der Waals surface area contributed by atoms with Crippen LogP contribution in [0.2, 0.25) is 0 Å². The highest BCUT2D eigenvalue weighted by Gasteiger charge is 2.12. The third-order valence-corrected chi connectivity index (χ3v) is 6.67. The zero-order chi connectivity index (χ0) is 25.8. The van der Waals surface area contributed by atoms with E-state index in [1.54, 1.807) is 12.1 Å². The molecule has 0 aliphatic rings. The van der Waals surface area contributed by atoms with Gasteiger partial charge in [0.2, 0.25) is 5.89 Å². The van der Waals surface area contributed by atoms with Gasteiger partial charge in [-0.05, 0) is 89.8 Å². The monoisotopic (exact) mass is 505 g/mol. The number of nitrogens with one attached hydrogen (secondary N) is 2. The number of hydrogen-bond acceptors (Lipinski definition) is 4. The smallest absolute Gasteiger partial charge is 0.257 e. The van der Waals surface area contributed by atoms with E-state index in [2.05, 4.69) is 41.6 Å². The largest absolute Gasteiger partial charge is 0.436 e. The lowest BCUT2D eigenvalue weighted by molar-refractivity contribution is 0.0977. The summed E-state index contributed by atoms with van der Waals surface area (Å²) in [5, 5.41) is 6.02. The van der Waals surface area contributed by atoms with Crippen molar-refractivity contribution in [1.29, 1.82) is 0 Å². The van der Waals surface area contributed by atoms with Crippen LogP contribution in [0.5, 0.6) is 0 Å². The van der Waals surface area contributed by atoms with Gasteiger partial charge in [-0.2, -0.15) is 0 Å². The SMILES string of the molecule is CC[C@@H](C)c1ccc2oc(-c3ccc(NC(=S)NC(=O)c4ccc(-c5ccccc5)cc4)cc3)nc2c1. The van der Waals surface area contributed by atoms with Gasteiger partial charge in [0.05, 0.1) is 0 Å². The lowest BCUT2D eigenvalue weighted by Crippen LogP contribution is -2.34.